The Kier molecular flexibility index (Phi) is 4.36. The minimum atomic E-state index is -0.228. The van der Waals surface area contributed by atoms with Crippen molar-refractivity contribution in [2.45, 2.75) is 44.1 Å². The Hall–Kier alpha value is -3.52. The largest absolute Gasteiger partial charge is 0.375 e. The highest BCUT2D eigenvalue weighted by atomic mass is 16.5. The van der Waals surface area contributed by atoms with Crippen molar-refractivity contribution in [2.24, 2.45) is 0 Å². The molecule has 4 aromatic rings. The lowest BCUT2D eigenvalue weighted by Crippen LogP contribution is -2.41. The number of pyridine rings is 1. The number of aryl methyl sites for hydroxylation is 1. The number of carbonyl (C=O) groups excluding carboxylic acids is 1. The van der Waals surface area contributed by atoms with E-state index >= 15 is 0 Å². The molecule has 6 rings (SSSR count). The number of fused-ring (bicyclic) bond motifs is 1. The summed E-state index contributed by atoms with van der Waals surface area (Å²) in [5, 5.41) is 7.19. The predicted molar refractivity (Wildman–Crippen MR) is 118 cm³/mol. The molecule has 1 aliphatic carbocycles. The smallest absolute Gasteiger partial charge is 0.274 e. The van der Waals surface area contributed by atoms with Gasteiger partial charge in [-0.1, -0.05) is 23.4 Å². The summed E-state index contributed by atoms with van der Waals surface area (Å²) in [4.78, 5) is 21.8. The van der Waals surface area contributed by atoms with Crippen LogP contribution >= 0.6 is 0 Å². The van der Waals surface area contributed by atoms with E-state index < -0.39 is 0 Å². The molecule has 4 heterocycles. The van der Waals surface area contributed by atoms with Crippen LogP contribution < -0.4 is 5.32 Å². The van der Waals surface area contributed by atoms with E-state index in [1.54, 1.807) is 10.6 Å². The third kappa shape index (κ3) is 3.18. The van der Waals surface area contributed by atoms with Gasteiger partial charge in [-0.3, -0.25) is 9.20 Å². The van der Waals surface area contributed by atoms with Crippen LogP contribution in [0.25, 0.3) is 17.0 Å². The quantitative estimate of drug-likeness (QED) is 0.518. The van der Waals surface area contributed by atoms with Crippen LogP contribution in [0.2, 0.25) is 0 Å². The molecule has 162 valence electrons. The molecule has 2 fully saturated rings. The van der Waals surface area contributed by atoms with Gasteiger partial charge in [0.2, 0.25) is 11.7 Å². The van der Waals surface area contributed by atoms with Gasteiger partial charge in [-0.05, 0) is 56.4 Å². The summed E-state index contributed by atoms with van der Waals surface area (Å²) in [6, 6.07) is 11.4. The van der Waals surface area contributed by atoms with Gasteiger partial charge in [0.25, 0.3) is 5.91 Å². The molecule has 8 nitrogen and oxygen atoms in total. The van der Waals surface area contributed by atoms with Crippen LogP contribution in [0.5, 0.6) is 0 Å². The lowest BCUT2D eigenvalue weighted by atomic mass is 9.69. The van der Waals surface area contributed by atoms with Crippen molar-refractivity contribution in [1.82, 2.24) is 19.5 Å². The number of hydrogen-bond donors (Lipinski definition) is 1. The first kappa shape index (κ1) is 19.2. The van der Waals surface area contributed by atoms with Gasteiger partial charge in [0.05, 0.1) is 11.8 Å². The lowest BCUT2D eigenvalue weighted by Gasteiger charge is -2.42. The van der Waals surface area contributed by atoms with Crippen molar-refractivity contribution in [3.63, 3.8) is 0 Å². The Balaban J connectivity index is 1.22. The van der Waals surface area contributed by atoms with Crippen molar-refractivity contribution in [3.05, 3.63) is 65.9 Å². The number of rotatable bonds is 4. The number of imidazole rings is 1. The molecule has 0 radical (unpaired) electrons. The number of anilines is 1. The van der Waals surface area contributed by atoms with Crippen LogP contribution in [0.1, 0.15) is 53.5 Å². The van der Waals surface area contributed by atoms with Crippen molar-refractivity contribution < 1.29 is 14.1 Å². The standard InChI is InChI=1S/C24H23N5O3/c1-15-6-7-16(21-27-23(32-28-21)17-12-24(13-17)8-4-10-31-24)11-18(15)26-22(30)19-14-25-20-5-2-3-9-29(19)20/h2-3,5-7,9,11,14,17H,4,8,10,12-13H2,1H3,(H,26,30). The summed E-state index contributed by atoms with van der Waals surface area (Å²) in [6.07, 6.45) is 7.55. The number of hydrogen-bond acceptors (Lipinski definition) is 6. The van der Waals surface area contributed by atoms with Gasteiger partial charge in [-0.15, -0.1) is 0 Å². The Labute approximate surface area is 184 Å². The normalized spacial score (nSPS) is 22.3. The van der Waals surface area contributed by atoms with Gasteiger partial charge in [-0.2, -0.15) is 4.98 Å². The van der Waals surface area contributed by atoms with E-state index in [2.05, 4.69) is 20.4 Å². The fourth-order valence-electron chi connectivity index (χ4n) is 4.79. The second kappa shape index (κ2) is 7.27. The second-order valence-electron chi connectivity index (χ2n) is 8.75. The van der Waals surface area contributed by atoms with Gasteiger partial charge < -0.3 is 14.6 Å². The van der Waals surface area contributed by atoms with E-state index in [0.29, 0.717) is 23.1 Å². The number of carbonyl (C=O) groups is 1. The third-order valence-electron chi connectivity index (χ3n) is 6.61. The molecule has 0 unspecified atom stereocenters. The third-order valence-corrected chi connectivity index (χ3v) is 6.61. The predicted octanol–water partition coefficient (Wildman–Crippen LogP) is 4.37. The SMILES string of the molecule is Cc1ccc(-c2noc(C3CC4(CCCO4)C3)n2)cc1NC(=O)c1cnc2ccccn12. The van der Waals surface area contributed by atoms with Gasteiger partial charge in [-0.25, -0.2) is 4.98 Å². The zero-order valence-corrected chi connectivity index (χ0v) is 17.7. The first-order valence-corrected chi connectivity index (χ1v) is 10.9. The highest BCUT2D eigenvalue weighted by Crippen LogP contribution is 2.51. The molecule has 8 heteroatoms. The molecule has 3 aromatic heterocycles. The van der Waals surface area contributed by atoms with Crippen LogP contribution in [-0.4, -0.2) is 37.6 Å². The molecular weight excluding hydrogens is 406 g/mol. The van der Waals surface area contributed by atoms with Crippen LogP contribution in [0.3, 0.4) is 0 Å². The van der Waals surface area contributed by atoms with E-state index in [1.165, 1.54) is 0 Å². The van der Waals surface area contributed by atoms with Crippen LogP contribution in [0, 0.1) is 6.92 Å². The number of nitrogens with zero attached hydrogens (tertiary/aromatic N) is 4. The summed E-state index contributed by atoms with van der Waals surface area (Å²) < 4.78 is 13.2. The molecule has 1 aromatic carbocycles. The molecule has 2 aliphatic rings. The van der Waals surface area contributed by atoms with Crippen LogP contribution in [-0.2, 0) is 4.74 Å². The zero-order valence-electron chi connectivity index (χ0n) is 17.7. The van der Waals surface area contributed by atoms with Crippen molar-refractivity contribution in [2.75, 3.05) is 11.9 Å². The lowest BCUT2D eigenvalue weighted by molar-refractivity contribution is -0.0749. The van der Waals surface area contributed by atoms with Gasteiger partial charge >= 0.3 is 0 Å². The molecule has 1 spiro atoms. The molecule has 1 N–H and O–H groups in total. The fourth-order valence-corrected chi connectivity index (χ4v) is 4.79. The number of amides is 1. The number of aromatic nitrogens is 4. The first-order valence-electron chi connectivity index (χ1n) is 10.9. The van der Waals surface area contributed by atoms with Crippen molar-refractivity contribution >= 4 is 17.2 Å². The van der Waals surface area contributed by atoms with E-state index in [-0.39, 0.29) is 17.4 Å². The van der Waals surface area contributed by atoms with E-state index in [1.807, 2.05) is 49.5 Å². The Morgan fingerprint density at radius 2 is 2.16 bits per heavy atom. The van der Waals surface area contributed by atoms with Crippen LogP contribution in [0.15, 0.2) is 53.3 Å². The van der Waals surface area contributed by atoms with Gasteiger partial charge in [0.1, 0.15) is 11.3 Å². The molecule has 0 bridgehead atoms. The maximum atomic E-state index is 12.9. The summed E-state index contributed by atoms with van der Waals surface area (Å²) >= 11 is 0. The maximum absolute atomic E-state index is 12.9. The summed E-state index contributed by atoms with van der Waals surface area (Å²) in [7, 11) is 0. The maximum Gasteiger partial charge on any atom is 0.274 e. The molecule has 32 heavy (non-hydrogen) atoms. The van der Waals surface area contributed by atoms with Crippen molar-refractivity contribution in [3.8, 4) is 11.4 Å². The second-order valence-corrected chi connectivity index (χ2v) is 8.75. The Morgan fingerprint density at radius 1 is 1.25 bits per heavy atom. The number of nitrogens with one attached hydrogen (secondary N) is 1. The average Bonchev–Trinajstić information content (AvgIpc) is 3.53. The highest BCUT2D eigenvalue weighted by Gasteiger charge is 2.49. The fraction of sp³-hybridized carbons (Fsp3) is 0.333. The molecular formula is C24H23N5O3. The topological polar surface area (TPSA) is 94.5 Å². The van der Waals surface area contributed by atoms with E-state index in [0.717, 1.165) is 49.1 Å². The summed E-state index contributed by atoms with van der Waals surface area (Å²) in [6.45, 7) is 2.81. The summed E-state index contributed by atoms with van der Waals surface area (Å²) in [5.41, 5.74) is 3.68. The number of benzene rings is 1. The molecule has 1 amide bonds. The van der Waals surface area contributed by atoms with E-state index in [4.69, 9.17) is 9.26 Å². The first-order chi connectivity index (χ1) is 15.6. The average molecular weight is 429 g/mol. The van der Waals surface area contributed by atoms with Gasteiger partial charge in [0, 0.05) is 30.0 Å². The Bertz CT molecular complexity index is 1310. The number of ether oxygens (including phenoxy) is 1. The monoisotopic (exact) mass is 429 g/mol. The Morgan fingerprint density at radius 3 is 3.00 bits per heavy atom. The molecule has 0 atom stereocenters. The molecule has 1 saturated carbocycles. The van der Waals surface area contributed by atoms with Crippen molar-refractivity contribution in [1.29, 1.82) is 0 Å². The molecule has 1 aliphatic heterocycles. The molecule has 1 saturated heterocycles. The van der Waals surface area contributed by atoms with Crippen LogP contribution in [0.4, 0.5) is 5.69 Å². The zero-order chi connectivity index (χ0) is 21.7. The van der Waals surface area contributed by atoms with E-state index in [9.17, 15) is 4.79 Å². The minimum Gasteiger partial charge on any atom is -0.375 e. The minimum absolute atomic E-state index is 0.0401. The van der Waals surface area contributed by atoms with Gasteiger partial charge in [0.15, 0.2) is 0 Å². The highest BCUT2D eigenvalue weighted by molar-refractivity contribution is 6.04. The summed E-state index contributed by atoms with van der Waals surface area (Å²) in [5.74, 6) is 1.22.